The summed E-state index contributed by atoms with van der Waals surface area (Å²) < 4.78 is 0. The summed E-state index contributed by atoms with van der Waals surface area (Å²) in [5, 5.41) is 2.93. The zero-order chi connectivity index (χ0) is 27.3. The largest absolute Gasteiger partial charge is 0.352 e. The molecule has 0 atom stereocenters. The Morgan fingerprint density at radius 1 is 1.00 bits per heavy atom. The second-order valence-corrected chi connectivity index (χ2v) is 11.2. The van der Waals surface area contributed by atoms with Crippen LogP contribution in [0.2, 0.25) is 0 Å². The van der Waals surface area contributed by atoms with E-state index in [9.17, 15) is 9.59 Å². The van der Waals surface area contributed by atoms with Crippen molar-refractivity contribution < 1.29 is 9.59 Å². The Morgan fingerprint density at radius 3 is 2.32 bits per heavy atom. The minimum atomic E-state index is -0.0525. The van der Waals surface area contributed by atoms with Crippen LogP contribution in [0, 0.1) is 5.92 Å². The van der Waals surface area contributed by atoms with E-state index >= 15 is 0 Å². The Kier molecular flexibility index (Phi) is 12.3. The molecule has 38 heavy (non-hydrogen) atoms. The van der Waals surface area contributed by atoms with E-state index in [-0.39, 0.29) is 17.9 Å². The average molecular weight is 521 g/mol. The highest BCUT2D eigenvalue weighted by atomic mass is 16.2. The molecule has 0 spiro atoms. The van der Waals surface area contributed by atoms with Crippen LogP contribution in [-0.4, -0.2) is 58.8 Å². The number of unbranched alkanes of at least 4 members (excludes halogenated alkanes) is 2. The fraction of sp³-hybridized carbons (Fsp3) is 0.594. The second-order valence-electron chi connectivity index (χ2n) is 11.2. The Bertz CT molecular complexity index is 980. The standard InChI is InChI=1S/C32H48N4O2/c1-5-7-8-9-26-12-15-30(34-23-26)32(38)36(29-17-21-35(22-18-29)20-16-25(3)4)24-27-10-13-28(14-11-27)31(37)33-19-6-2/h10-15,23,25,29H,5-9,16-22,24H2,1-4H3,(H,33,37). The summed E-state index contributed by atoms with van der Waals surface area (Å²) >= 11 is 0. The van der Waals surface area contributed by atoms with E-state index in [0.717, 1.165) is 57.3 Å². The third-order valence-electron chi connectivity index (χ3n) is 7.50. The predicted molar refractivity (Wildman–Crippen MR) is 155 cm³/mol. The van der Waals surface area contributed by atoms with Gasteiger partial charge in [-0.05, 0) is 80.3 Å². The number of carbonyl (C=O) groups is 2. The van der Waals surface area contributed by atoms with Crippen molar-refractivity contribution in [2.45, 2.75) is 91.6 Å². The maximum atomic E-state index is 13.8. The molecule has 1 N–H and O–H groups in total. The first-order valence-corrected chi connectivity index (χ1v) is 14.8. The van der Waals surface area contributed by atoms with Crippen molar-refractivity contribution in [2.24, 2.45) is 5.92 Å². The van der Waals surface area contributed by atoms with Crippen LogP contribution in [-0.2, 0) is 13.0 Å². The number of likely N-dealkylation sites (tertiary alicyclic amines) is 1. The summed E-state index contributed by atoms with van der Waals surface area (Å²) in [4.78, 5) is 35.3. The molecule has 1 aromatic carbocycles. The third-order valence-corrected chi connectivity index (χ3v) is 7.50. The molecule has 0 radical (unpaired) electrons. The highest BCUT2D eigenvalue weighted by Crippen LogP contribution is 2.22. The molecule has 1 aliphatic rings. The van der Waals surface area contributed by atoms with Crippen LogP contribution in [0.4, 0.5) is 0 Å². The van der Waals surface area contributed by atoms with Gasteiger partial charge in [-0.2, -0.15) is 0 Å². The number of pyridine rings is 1. The van der Waals surface area contributed by atoms with Crippen molar-refractivity contribution in [2.75, 3.05) is 26.2 Å². The summed E-state index contributed by atoms with van der Waals surface area (Å²) in [5.74, 6) is 0.646. The van der Waals surface area contributed by atoms with Gasteiger partial charge in [0.2, 0.25) is 0 Å². The Labute approximate surface area is 230 Å². The second kappa shape index (κ2) is 15.6. The van der Waals surface area contributed by atoms with Gasteiger partial charge in [0.05, 0.1) is 0 Å². The summed E-state index contributed by atoms with van der Waals surface area (Å²) in [6, 6.07) is 11.8. The van der Waals surface area contributed by atoms with Gasteiger partial charge >= 0.3 is 0 Å². The molecule has 0 saturated carbocycles. The molecule has 6 nitrogen and oxygen atoms in total. The highest BCUT2D eigenvalue weighted by Gasteiger charge is 2.29. The molecule has 0 bridgehead atoms. The maximum absolute atomic E-state index is 13.8. The number of nitrogens with one attached hydrogen (secondary N) is 1. The number of benzene rings is 1. The smallest absolute Gasteiger partial charge is 0.272 e. The van der Waals surface area contributed by atoms with Crippen molar-refractivity contribution in [3.8, 4) is 0 Å². The van der Waals surface area contributed by atoms with Crippen LogP contribution in [0.15, 0.2) is 42.6 Å². The van der Waals surface area contributed by atoms with Crippen molar-refractivity contribution in [1.82, 2.24) is 20.1 Å². The van der Waals surface area contributed by atoms with Gasteiger partial charge in [0, 0.05) is 44.0 Å². The molecule has 2 heterocycles. The van der Waals surface area contributed by atoms with E-state index in [1.807, 2.05) is 48.4 Å². The third kappa shape index (κ3) is 9.23. The van der Waals surface area contributed by atoms with Gasteiger partial charge in [-0.3, -0.25) is 14.6 Å². The number of amides is 2. The first-order chi connectivity index (χ1) is 18.4. The lowest BCUT2D eigenvalue weighted by Gasteiger charge is -2.38. The van der Waals surface area contributed by atoms with Crippen molar-refractivity contribution >= 4 is 11.8 Å². The van der Waals surface area contributed by atoms with Gasteiger partial charge < -0.3 is 15.1 Å². The number of carbonyl (C=O) groups excluding carboxylic acids is 2. The monoisotopic (exact) mass is 520 g/mol. The molecule has 3 rings (SSSR count). The van der Waals surface area contributed by atoms with Crippen LogP contribution in [0.3, 0.4) is 0 Å². The van der Waals surface area contributed by atoms with E-state index in [4.69, 9.17) is 0 Å². The minimum absolute atomic E-state index is 0.00416. The van der Waals surface area contributed by atoms with Crippen LogP contribution >= 0.6 is 0 Å². The zero-order valence-electron chi connectivity index (χ0n) is 24.0. The molecule has 1 fully saturated rings. The average Bonchev–Trinajstić information content (AvgIpc) is 2.94. The van der Waals surface area contributed by atoms with Crippen molar-refractivity contribution in [3.63, 3.8) is 0 Å². The van der Waals surface area contributed by atoms with Gasteiger partial charge in [0.1, 0.15) is 5.69 Å². The van der Waals surface area contributed by atoms with Gasteiger partial charge in [-0.1, -0.05) is 58.7 Å². The summed E-state index contributed by atoms with van der Waals surface area (Å²) in [7, 11) is 0. The molecule has 1 saturated heterocycles. The lowest BCUT2D eigenvalue weighted by molar-refractivity contribution is 0.0540. The number of nitrogens with zero attached hydrogens (tertiary/aromatic N) is 3. The zero-order valence-corrected chi connectivity index (χ0v) is 24.0. The molecular formula is C32H48N4O2. The number of hydrogen-bond donors (Lipinski definition) is 1. The quantitative estimate of drug-likeness (QED) is 0.305. The SMILES string of the molecule is CCCCCc1ccc(C(=O)N(Cc2ccc(C(=O)NCCC)cc2)C2CCN(CCC(C)C)CC2)nc1. The summed E-state index contributed by atoms with van der Waals surface area (Å²) in [5.41, 5.74) is 3.39. The van der Waals surface area contributed by atoms with E-state index in [1.165, 1.54) is 24.8 Å². The van der Waals surface area contributed by atoms with Crippen LogP contribution < -0.4 is 5.32 Å². The fourth-order valence-electron chi connectivity index (χ4n) is 4.99. The van der Waals surface area contributed by atoms with E-state index in [1.54, 1.807) is 0 Å². The fourth-order valence-corrected chi connectivity index (χ4v) is 4.99. The molecule has 1 aromatic heterocycles. The molecular weight excluding hydrogens is 472 g/mol. The maximum Gasteiger partial charge on any atom is 0.272 e. The molecule has 208 valence electrons. The van der Waals surface area contributed by atoms with Gasteiger partial charge in [-0.15, -0.1) is 0 Å². The number of piperidine rings is 1. The van der Waals surface area contributed by atoms with E-state index < -0.39 is 0 Å². The molecule has 2 amide bonds. The van der Waals surface area contributed by atoms with E-state index in [2.05, 4.69) is 42.0 Å². The first kappa shape index (κ1) is 29.8. The lowest BCUT2D eigenvalue weighted by atomic mass is 10.00. The normalized spacial score (nSPS) is 14.6. The van der Waals surface area contributed by atoms with Crippen LogP contribution in [0.25, 0.3) is 0 Å². The molecule has 0 unspecified atom stereocenters. The number of hydrogen-bond acceptors (Lipinski definition) is 4. The minimum Gasteiger partial charge on any atom is -0.352 e. The van der Waals surface area contributed by atoms with Crippen LogP contribution in [0.5, 0.6) is 0 Å². The predicted octanol–water partition coefficient (Wildman–Crippen LogP) is 6.11. The lowest BCUT2D eigenvalue weighted by Crippen LogP contribution is -2.47. The molecule has 1 aliphatic heterocycles. The molecule has 2 aromatic rings. The Hall–Kier alpha value is -2.73. The van der Waals surface area contributed by atoms with Crippen LogP contribution in [0.1, 0.15) is 105 Å². The number of aryl methyl sites for hydroxylation is 1. The Balaban J connectivity index is 1.72. The number of rotatable bonds is 14. The van der Waals surface area contributed by atoms with E-state index in [0.29, 0.717) is 30.3 Å². The topological polar surface area (TPSA) is 65.5 Å². The molecule has 0 aliphatic carbocycles. The Morgan fingerprint density at radius 2 is 1.71 bits per heavy atom. The highest BCUT2D eigenvalue weighted by molar-refractivity contribution is 5.94. The van der Waals surface area contributed by atoms with Crippen molar-refractivity contribution in [1.29, 1.82) is 0 Å². The van der Waals surface area contributed by atoms with Gasteiger partial charge in [0.15, 0.2) is 0 Å². The van der Waals surface area contributed by atoms with Gasteiger partial charge in [0.25, 0.3) is 11.8 Å². The summed E-state index contributed by atoms with van der Waals surface area (Å²) in [6.07, 6.45) is 10.5. The summed E-state index contributed by atoms with van der Waals surface area (Å²) in [6.45, 7) is 13.1. The van der Waals surface area contributed by atoms with Crippen molar-refractivity contribution in [3.05, 3.63) is 65.0 Å². The van der Waals surface area contributed by atoms with Gasteiger partial charge in [-0.25, -0.2) is 0 Å². The molecule has 6 heteroatoms. The number of aromatic nitrogens is 1. The first-order valence-electron chi connectivity index (χ1n) is 14.8.